The maximum Gasteiger partial charge on any atom is 0.162 e. The van der Waals surface area contributed by atoms with Crippen molar-refractivity contribution < 1.29 is 9.47 Å². The fourth-order valence-electron chi connectivity index (χ4n) is 2.87. The van der Waals surface area contributed by atoms with Crippen LogP contribution < -0.4 is 14.4 Å². The summed E-state index contributed by atoms with van der Waals surface area (Å²) in [5.41, 5.74) is 2.20. The second-order valence-electron chi connectivity index (χ2n) is 5.10. The highest BCUT2D eigenvalue weighted by molar-refractivity contribution is 5.94. The number of nitrogens with zero attached hydrogens (tertiary/aromatic N) is 2. The first-order chi connectivity index (χ1) is 9.83. The Morgan fingerprint density at radius 3 is 2.40 bits per heavy atom. The van der Waals surface area contributed by atoms with E-state index >= 15 is 0 Å². The van der Waals surface area contributed by atoms with Gasteiger partial charge in [0.2, 0.25) is 0 Å². The van der Waals surface area contributed by atoms with E-state index in [1.165, 1.54) is 24.9 Å². The molecule has 1 aliphatic rings. The van der Waals surface area contributed by atoms with Crippen LogP contribution in [0, 0.1) is 0 Å². The summed E-state index contributed by atoms with van der Waals surface area (Å²) in [6, 6.07) is 6.08. The third-order valence-electron chi connectivity index (χ3n) is 3.92. The normalized spacial score (nSPS) is 15.4. The van der Waals surface area contributed by atoms with Crippen molar-refractivity contribution in [2.75, 3.05) is 32.2 Å². The first kappa shape index (κ1) is 13.0. The Balaban J connectivity index is 2.12. The summed E-state index contributed by atoms with van der Waals surface area (Å²) in [6.45, 7) is 2.24. The molecule has 2 aromatic rings. The van der Waals surface area contributed by atoms with Gasteiger partial charge < -0.3 is 14.4 Å². The van der Waals surface area contributed by atoms with Crippen LogP contribution in [0.25, 0.3) is 10.9 Å². The minimum Gasteiger partial charge on any atom is -0.493 e. The molecule has 0 saturated carbocycles. The Kier molecular flexibility index (Phi) is 3.63. The fraction of sp³-hybridized carbons (Fsp3) is 0.438. The van der Waals surface area contributed by atoms with Crippen molar-refractivity contribution in [2.24, 2.45) is 0 Å². The largest absolute Gasteiger partial charge is 0.493 e. The number of aromatic nitrogens is 1. The fourth-order valence-corrected chi connectivity index (χ4v) is 2.87. The standard InChI is InChI=1S/C16H20N2O2/c1-19-15-10-12-13(11-16(15)20-2)17-7-6-14(12)18-8-4-3-5-9-18/h6-7,10-11H,3-5,8-9H2,1-2H3. The van der Waals surface area contributed by atoms with Crippen LogP contribution in [0.15, 0.2) is 24.4 Å². The van der Waals surface area contributed by atoms with Gasteiger partial charge in [-0.05, 0) is 31.4 Å². The molecule has 4 nitrogen and oxygen atoms in total. The summed E-state index contributed by atoms with van der Waals surface area (Å²) >= 11 is 0. The van der Waals surface area contributed by atoms with Crippen molar-refractivity contribution in [1.82, 2.24) is 4.98 Å². The molecule has 4 heteroatoms. The molecule has 0 N–H and O–H groups in total. The number of hydrogen-bond donors (Lipinski definition) is 0. The molecular weight excluding hydrogens is 252 g/mol. The van der Waals surface area contributed by atoms with E-state index in [-0.39, 0.29) is 0 Å². The van der Waals surface area contributed by atoms with Crippen LogP contribution in [0.5, 0.6) is 11.5 Å². The van der Waals surface area contributed by atoms with Crippen LogP contribution in [0.2, 0.25) is 0 Å². The van der Waals surface area contributed by atoms with Gasteiger partial charge in [0.1, 0.15) is 0 Å². The monoisotopic (exact) mass is 272 g/mol. The lowest BCUT2D eigenvalue weighted by Crippen LogP contribution is -2.29. The maximum absolute atomic E-state index is 5.42. The zero-order chi connectivity index (χ0) is 13.9. The van der Waals surface area contributed by atoms with Crippen molar-refractivity contribution in [3.63, 3.8) is 0 Å². The van der Waals surface area contributed by atoms with Crippen LogP contribution in [-0.4, -0.2) is 32.3 Å². The number of rotatable bonds is 3. The van der Waals surface area contributed by atoms with E-state index in [9.17, 15) is 0 Å². The third kappa shape index (κ3) is 2.26. The molecule has 0 radical (unpaired) electrons. The molecule has 3 rings (SSSR count). The van der Waals surface area contributed by atoms with E-state index in [1.807, 2.05) is 18.3 Å². The SMILES string of the molecule is COc1cc2nccc(N3CCCCC3)c2cc1OC. The van der Waals surface area contributed by atoms with Gasteiger partial charge in [0.05, 0.1) is 19.7 Å². The van der Waals surface area contributed by atoms with Crippen molar-refractivity contribution >= 4 is 16.6 Å². The van der Waals surface area contributed by atoms with E-state index < -0.39 is 0 Å². The molecule has 0 spiro atoms. The van der Waals surface area contributed by atoms with E-state index in [2.05, 4.69) is 16.0 Å². The van der Waals surface area contributed by atoms with Crippen LogP contribution in [0.4, 0.5) is 5.69 Å². The van der Waals surface area contributed by atoms with Gasteiger partial charge in [-0.25, -0.2) is 0 Å². The Morgan fingerprint density at radius 1 is 1.00 bits per heavy atom. The second-order valence-corrected chi connectivity index (χ2v) is 5.10. The number of methoxy groups -OCH3 is 2. The highest BCUT2D eigenvalue weighted by Gasteiger charge is 2.16. The molecule has 1 saturated heterocycles. The van der Waals surface area contributed by atoms with Gasteiger partial charge in [-0.15, -0.1) is 0 Å². The molecule has 0 amide bonds. The molecule has 1 aromatic heterocycles. The van der Waals surface area contributed by atoms with E-state index in [4.69, 9.17) is 9.47 Å². The molecule has 0 aliphatic carbocycles. The predicted molar refractivity (Wildman–Crippen MR) is 80.9 cm³/mol. The number of hydrogen-bond acceptors (Lipinski definition) is 4. The summed E-state index contributed by atoms with van der Waals surface area (Å²) in [4.78, 5) is 6.90. The van der Waals surface area contributed by atoms with Gasteiger partial charge in [0.15, 0.2) is 11.5 Å². The lowest BCUT2D eigenvalue weighted by molar-refractivity contribution is 0.356. The summed E-state index contributed by atoms with van der Waals surface area (Å²) in [6.07, 6.45) is 5.73. The average molecular weight is 272 g/mol. The van der Waals surface area contributed by atoms with E-state index in [1.54, 1.807) is 14.2 Å². The molecule has 2 heterocycles. The Hall–Kier alpha value is -1.97. The summed E-state index contributed by atoms with van der Waals surface area (Å²) in [5, 5.41) is 1.13. The lowest BCUT2D eigenvalue weighted by atomic mass is 10.1. The quantitative estimate of drug-likeness (QED) is 0.859. The van der Waals surface area contributed by atoms with Crippen LogP contribution >= 0.6 is 0 Å². The van der Waals surface area contributed by atoms with Gasteiger partial charge in [0, 0.05) is 36.4 Å². The number of fused-ring (bicyclic) bond motifs is 1. The summed E-state index contributed by atoms with van der Waals surface area (Å²) < 4.78 is 10.8. The average Bonchev–Trinajstić information content (AvgIpc) is 2.53. The molecule has 106 valence electrons. The van der Waals surface area contributed by atoms with Crippen molar-refractivity contribution in [3.8, 4) is 11.5 Å². The molecule has 1 aliphatic heterocycles. The molecule has 0 unspecified atom stereocenters. The minimum atomic E-state index is 0.725. The predicted octanol–water partition coefficient (Wildman–Crippen LogP) is 3.24. The summed E-state index contributed by atoms with van der Waals surface area (Å²) in [5.74, 6) is 1.48. The van der Waals surface area contributed by atoms with E-state index in [0.29, 0.717) is 0 Å². The van der Waals surface area contributed by atoms with Gasteiger partial charge in [-0.1, -0.05) is 0 Å². The zero-order valence-corrected chi connectivity index (χ0v) is 12.1. The highest BCUT2D eigenvalue weighted by atomic mass is 16.5. The van der Waals surface area contributed by atoms with Crippen LogP contribution in [-0.2, 0) is 0 Å². The number of piperidine rings is 1. The highest BCUT2D eigenvalue weighted by Crippen LogP contribution is 2.36. The second kappa shape index (κ2) is 5.57. The minimum absolute atomic E-state index is 0.725. The summed E-state index contributed by atoms with van der Waals surface area (Å²) in [7, 11) is 3.32. The van der Waals surface area contributed by atoms with Gasteiger partial charge >= 0.3 is 0 Å². The van der Waals surface area contributed by atoms with Crippen molar-refractivity contribution in [1.29, 1.82) is 0 Å². The smallest absolute Gasteiger partial charge is 0.162 e. The maximum atomic E-state index is 5.42. The van der Waals surface area contributed by atoms with Gasteiger partial charge in [0.25, 0.3) is 0 Å². The van der Waals surface area contributed by atoms with Crippen LogP contribution in [0.3, 0.4) is 0 Å². The first-order valence-corrected chi connectivity index (χ1v) is 7.09. The van der Waals surface area contributed by atoms with Crippen molar-refractivity contribution in [3.05, 3.63) is 24.4 Å². The molecule has 0 bridgehead atoms. The lowest BCUT2D eigenvalue weighted by Gasteiger charge is -2.29. The van der Waals surface area contributed by atoms with Crippen molar-refractivity contribution in [2.45, 2.75) is 19.3 Å². The zero-order valence-electron chi connectivity index (χ0n) is 12.1. The molecule has 20 heavy (non-hydrogen) atoms. The Labute approximate surface area is 119 Å². The topological polar surface area (TPSA) is 34.6 Å². The van der Waals surface area contributed by atoms with Gasteiger partial charge in [-0.3, -0.25) is 4.98 Å². The molecule has 1 aromatic carbocycles. The van der Waals surface area contributed by atoms with E-state index in [0.717, 1.165) is 35.5 Å². The Bertz CT molecular complexity index is 607. The van der Waals surface area contributed by atoms with Gasteiger partial charge in [-0.2, -0.15) is 0 Å². The van der Waals surface area contributed by atoms with Crippen LogP contribution in [0.1, 0.15) is 19.3 Å². The first-order valence-electron chi connectivity index (χ1n) is 7.09. The number of pyridine rings is 1. The molecular formula is C16H20N2O2. The Morgan fingerprint density at radius 2 is 1.70 bits per heavy atom. The number of ether oxygens (including phenoxy) is 2. The molecule has 0 atom stereocenters. The number of benzene rings is 1. The third-order valence-corrected chi connectivity index (χ3v) is 3.92. The number of anilines is 1. The molecule has 1 fully saturated rings.